The van der Waals surface area contributed by atoms with Gasteiger partial charge in [-0.05, 0) is 12.1 Å². The molecule has 76 valence electrons. The number of para-hydroxylation sites is 1. The fourth-order valence-corrected chi connectivity index (χ4v) is 1.27. The molecule has 0 spiro atoms. The molecule has 4 nitrogen and oxygen atoms in total. The van der Waals surface area contributed by atoms with E-state index in [1.165, 1.54) is 6.20 Å². The Bertz CT molecular complexity index is 532. The first-order valence-electron chi connectivity index (χ1n) is 4.53. The van der Waals surface area contributed by atoms with Crippen LogP contribution >= 0.6 is 0 Å². The summed E-state index contributed by atoms with van der Waals surface area (Å²) in [6, 6.07) is 7.55. The molecule has 1 aliphatic rings. The van der Waals surface area contributed by atoms with Gasteiger partial charge in [0, 0.05) is 5.22 Å². The van der Waals surface area contributed by atoms with Crippen molar-refractivity contribution in [3.05, 3.63) is 46.8 Å². The molecule has 0 unspecified atom stereocenters. The van der Waals surface area contributed by atoms with Crippen molar-refractivity contribution in [1.29, 1.82) is 0 Å². The van der Waals surface area contributed by atoms with Crippen LogP contribution in [0.3, 0.4) is 0 Å². The summed E-state index contributed by atoms with van der Waals surface area (Å²) in [6.07, 6.45) is 3.15. The minimum absolute atomic E-state index is 0.0635. The number of nitrogens with two attached hydrogens (primary N) is 1. The van der Waals surface area contributed by atoms with Crippen LogP contribution in [0.5, 0.6) is 0 Å². The molecule has 4 heteroatoms. The minimum atomic E-state index is -0.434. The number of rotatable bonds is 2. The zero-order chi connectivity index (χ0) is 10.7. The Balaban J connectivity index is 2.38. The van der Waals surface area contributed by atoms with Crippen LogP contribution in [0.15, 0.2) is 41.2 Å². The molecule has 2 rings (SSSR count). The van der Waals surface area contributed by atoms with E-state index in [0.29, 0.717) is 5.76 Å². The lowest BCUT2D eigenvalue weighted by atomic mass is 10.3. The molecule has 1 heterocycles. The summed E-state index contributed by atoms with van der Waals surface area (Å²) in [6.45, 7) is 0. The van der Waals surface area contributed by atoms with Crippen LogP contribution in [-0.4, -0.2) is 5.91 Å². The normalized spacial score (nSPS) is 13.5. The average molecular weight is 202 g/mol. The van der Waals surface area contributed by atoms with Gasteiger partial charge in [0.1, 0.15) is 12.0 Å². The molecule has 15 heavy (non-hydrogen) atoms. The van der Waals surface area contributed by atoms with Gasteiger partial charge in [0.15, 0.2) is 0 Å². The highest BCUT2D eigenvalue weighted by Crippen LogP contribution is 2.04. The Hall–Kier alpha value is -2.10. The van der Waals surface area contributed by atoms with E-state index < -0.39 is 5.91 Å². The van der Waals surface area contributed by atoms with Crippen LogP contribution in [-0.2, 0) is 9.53 Å². The van der Waals surface area contributed by atoms with E-state index in [2.05, 4.69) is 4.99 Å². The summed E-state index contributed by atoms with van der Waals surface area (Å²) in [4.78, 5) is 14.9. The zero-order valence-corrected chi connectivity index (χ0v) is 8.01. The first kappa shape index (κ1) is 9.45. The molecule has 0 saturated carbocycles. The summed E-state index contributed by atoms with van der Waals surface area (Å²) in [5, 5.41) is 1.70. The van der Waals surface area contributed by atoms with Crippen LogP contribution in [0.1, 0.15) is 6.42 Å². The molecular weight excluding hydrogens is 192 g/mol. The molecule has 2 N–H and O–H groups in total. The molecule has 0 atom stereocenters. The summed E-state index contributed by atoms with van der Waals surface area (Å²) < 4.78 is 5.28. The Labute approximate surface area is 86.4 Å². The number of ether oxygens (including phenoxy) is 1. The van der Waals surface area contributed by atoms with E-state index in [4.69, 9.17) is 10.5 Å². The number of carbonyl (C=O) groups excluding carboxylic acids is 1. The fourth-order valence-electron chi connectivity index (χ4n) is 1.27. The van der Waals surface area contributed by atoms with Crippen molar-refractivity contribution in [1.82, 2.24) is 0 Å². The monoisotopic (exact) mass is 202 g/mol. The van der Waals surface area contributed by atoms with E-state index in [1.807, 2.05) is 24.3 Å². The standard InChI is InChI=1S/C11H10N2O2/c12-11(14)5-9-6-13-10-4-2-1-3-8(10)7-15-9/h1-4,6-7H,5H2,(H2,12,14). The van der Waals surface area contributed by atoms with Gasteiger partial charge in [-0.2, -0.15) is 0 Å². The maximum atomic E-state index is 10.7. The van der Waals surface area contributed by atoms with E-state index in [0.717, 1.165) is 10.6 Å². The zero-order valence-electron chi connectivity index (χ0n) is 8.01. The van der Waals surface area contributed by atoms with Crippen molar-refractivity contribution in [2.45, 2.75) is 6.42 Å². The lowest BCUT2D eigenvalue weighted by Crippen LogP contribution is -2.23. The lowest BCUT2D eigenvalue weighted by molar-refractivity contribution is -0.117. The second-order valence-electron chi connectivity index (χ2n) is 3.16. The fraction of sp³-hybridized carbons (Fsp3) is 0.0909. The molecule has 0 aromatic heterocycles. The molecule has 0 fully saturated rings. The van der Waals surface area contributed by atoms with Crippen molar-refractivity contribution in [2.75, 3.05) is 0 Å². The van der Waals surface area contributed by atoms with Crippen molar-refractivity contribution < 1.29 is 9.53 Å². The Morgan fingerprint density at radius 1 is 1.40 bits per heavy atom. The van der Waals surface area contributed by atoms with Gasteiger partial charge in [-0.25, -0.2) is 0 Å². The molecule has 0 radical (unpaired) electrons. The SMILES string of the molecule is NC(=O)CC1=CN=c2ccccc2=CO1. The van der Waals surface area contributed by atoms with E-state index >= 15 is 0 Å². The summed E-state index contributed by atoms with van der Waals surface area (Å²) in [7, 11) is 0. The van der Waals surface area contributed by atoms with Crippen LogP contribution in [0.4, 0.5) is 0 Å². The second-order valence-corrected chi connectivity index (χ2v) is 3.16. The van der Waals surface area contributed by atoms with Gasteiger partial charge in [-0.1, -0.05) is 12.1 Å². The smallest absolute Gasteiger partial charge is 0.225 e. The number of fused-ring (bicyclic) bond motifs is 1. The number of hydrogen-bond acceptors (Lipinski definition) is 3. The number of carbonyl (C=O) groups is 1. The average Bonchev–Trinajstić information content (AvgIpc) is 2.41. The highest BCUT2D eigenvalue weighted by atomic mass is 16.5. The van der Waals surface area contributed by atoms with Crippen LogP contribution in [0.2, 0.25) is 0 Å². The summed E-state index contributed by atoms with van der Waals surface area (Å²) in [5.74, 6) is 0.0227. The van der Waals surface area contributed by atoms with Crippen molar-refractivity contribution in [2.24, 2.45) is 10.7 Å². The predicted molar refractivity (Wildman–Crippen MR) is 54.7 cm³/mol. The van der Waals surface area contributed by atoms with Gasteiger partial charge < -0.3 is 10.5 Å². The molecule has 1 aromatic carbocycles. The summed E-state index contributed by atoms with van der Waals surface area (Å²) in [5.41, 5.74) is 5.06. The molecule has 0 saturated heterocycles. The van der Waals surface area contributed by atoms with Gasteiger partial charge in [0.05, 0.1) is 18.0 Å². The third-order valence-corrected chi connectivity index (χ3v) is 1.97. The largest absolute Gasteiger partial charge is 0.466 e. The number of nitrogens with zero attached hydrogens (tertiary/aromatic N) is 1. The molecule has 1 aliphatic heterocycles. The van der Waals surface area contributed by atoms with Gasteiger partial charge in [-0.3, -0.25) is 9.79 Å². The Morgan fingerprint density at radius 2 is 2.20 bits per heavy atom. The van der Waals surface area contributed by atoms with Crippen LogP contribution in [0.25, 0.3) is 6.26 Å². The molecule has 0 aliphatic carbocycles. The second kappa shape index (κ2) is 3.96. The van der Waals surface area contributed by atoms with Gasteiger partial charge in [-0.15, -0.1) is 0 Å². The van der Waals surface area contributed by atoms with Crippen molar-refractivity contribution in [3.63, 3.8) is 0 Å². The molecule has 0 bridgehead atoms. The van der Waals surface area contributed by atoms with E-state index in [-0.39, 0.29) is 6.42 Å². The maximum Gasteiger partial charge on any atom is 0.225 e. The predicted octanol–water partition coefficient (Wildman–Crippen LogP) is -0.209. The van der Waals surface area contributed by atoms with Crippen molar-refractivity contribution >= 4 is 12.2 Å². The molecule has 1 amide bonds. The number of amides is 1. The van der Waals surface area contributed by atoms with Crippen LogP contribution < -0.4 is 16.3 Å². The van der Waals surface area contributed by atoms with Gasteiger partial charge in [0.2, 0.25) is 5.91 Å². The molecule has 1 aromatic rings. The minimum Gasteiger partial charge on any atom is -0.466 e. The number of benzene rings is 1. The van der Waals surface area contributed by atoms with E-state index in [1.54, 1.807) is 6.26 Å². The Kier molecular flexibility index (Phi) is 2.49. The first-order valence-corrected chi connectivity index (χ1v) is 4.53. The first-order chi connectivity index (χ1) is 7.25. The third kappa shape index (κ3) is 2.22. The Morgan fingerprint density at radius 3 is 3.00 bits per heavy atom. The van der Waals surface area contributed by atoms with Crippen LogP contribution in [0, 0.1) is 0 Å². The van der Waals surface area contributed by atoms with Gasteiger partial charge in [0.25, 0.3) is 0 Å². The highest BCUT2D eigenvalue weighted by molar-refractivity contribution is 5.76. The topological polar surface area (TPSA) is 64.7 Å². The summed E-state index contributed by atoms with van der Waals surface area (Å²) >= 11 is 0. The van der Waals surface area contributed by atoms with Gasteiger partial charge >= 0.3 is 0 Å². The number of hydrogen-bond donors (Lipinski definition) is 1. The maximum absolute atomic E-state index is 10.7. The third-order valence-electron chi connectivity index (χ3n) is 1.97. The number of primary amides is 1. The highest BCUT2D eigenvalue weighted by Gasteiger charge is 2.03. The van der Waals surface area contributed by atoms with Crippen molar-refractivity contribution in [3.8, 4) is 0 Å². The van der Waals surface area contributed by atoms with E-state index in [9.17, 15) is 4.79 Å². The lowest BCUT2D eigenvalue weighted by Gasteiger charge is -1.99. The molecular formula is C11H10N2O2. The quantitative estimate of drug-likeness (QED) is 0.721.